The van der Waals surface area contributed by atoms with Crippen LogP contribution in [0.25, 0.3) is 32.5 Å². The fraction of sp³-hybridized carbons (Fsp3) is 0. The van der Waals surface area contributed by atoms with Crippen LogP contribution >= 0.6 is 22.9 Å². The quantitative estimate of drug-likeness (QED) is 0.250. The van der Waals surface area contributed by atoms with Crippen molar-refractivity contribution in [2.45, 2.75) is 0 Å². The number of hydrogen-bond donors (Lipinski definition) is 2. The highest BCUT2D eigenvalue weighted by molar-refractivity contribution is 7.22. The molecule has 0 bridgehead atoms. The number of fused-ring (bicyclic) bond motifs is 2. The van der Waals surface area contributed by atoms with Gasteiger partial charge in [0.15, 0.2) is 0 Å². The molecular formula is C22H13ClN4O3S. The van der Waals surface area contributed by atoms with Crippen LogP contribution in [-0.4, -0.2) is 20.8 Å². The summed E-state index contributed by atoms with van der Waals surface area (Å²) in [5, 5.41) is 14.8. The van der Waals surface area contributed by atoms with Crippen LogP contribution in [0.4, 0.5) is 11.4 Å². The van der Waals surface area contributed by atoms with E-state index in [1.807, 2.05) is 36.4 Å². The molecule has 2 N–H and O–H groups in total. The number of H-pyrrole nitrogens is 1. The number of halogens is 1. The SMILES string of the molecule is O=C(Nc1ccc(-c2nc3ccccc3[nH]2)cc1)c1sc2c([N+](=O)[O-])cccc2c1Cl. The lowest BCUT2D eigenvalue weighted by Gasteiger charge is -2.05. The Hall–Kier alpha value is -3.75. The van der Waals surface area contributed by atoms with Gasteiger partial charge in [0, 0.05) is 22.7 Å². The maximum absolute atomic E-state index is 12.8. The van der Waals surface area contributed by atoms with Gasteiger partial charge < -0.3 is 10.3 Å². The zero-order valence-corrected chi connectivity index (χ0v) is 17.3. The smallest absolute Gasteiger partial charge is 0.287 e. The monoisotopic (exact) mass is 448 g/mol. The van der Waals surface area contributed by atoms with Crippen molar-refractivity contribution in [3.8, 4) is 11.4 Å². The van der Waals surface area contributed by atoms with Crippen molar-refractivity contribution in [2.75, 3.05) is 5.32 Å². The summed E-state index contributed by atoms with van der Waals surface area (Å²) in [6, 6.07) is 19.6. The number of non-ortho nitro benzene ring substituents is 1. The Kier molecular flexibility index (Phi) is 4.65. The lowest BCUT2D eigenvalue weighted by molar-refractivity contribution is -0.382. The fourth-order valence-corrected chi connectivity index (χ4v) is 4.84. The number of nitro benzene ring substituents is 1. The molecule has 0 unspecified atom stereocenters. The number of imidazole rings is 1. The number of benzene rings is 3. The lowest BCUT2D eigenvalue weighted by atomic mass is 10.2. The molecular weight excluding hydrogens is 436 g/mol. The van der Waals surface area contributed by atoms with Gasteiger partial charge in [-0.05, 0) is 36.4 Å². The summed E-state index contributed by atoms with van der Waals surface area (Å²) in [4.78, 5) is 31.6. The molecule has 0 aliphatic heterocycles. The molecule has 1 amide bonds. The van der Waals surface area contributed by atoms with Crippen LogP contribution in [0, 0.1) is 10.1 Å². The molecule has 152 valence electrons. The number of carbonyl (C=O) groups is 1. The molecule has 5 aromatic rings. The van der Waals surface area contributed by atoms with Crippen LogP contribution in [0.5, 0.6) is 0 Å². The Morgan fingerprint density at radius 1 is 1.06 bits per heavy atom. The van der Waals surface area contributed by atoms with E-state index in [-0.39, 0.29) is 15.6 Å². The zero-order valence-electron chi connectivity index (χ0n) is 15.8. The maximum Gasteiger partial charge on any atom is 0.287 e. The summed E-state index contributed by atoms with van der Waals surface area (Å²) in [7, 11) is 0. The van der Waals surface area contributed by atoms with E-state index in [1.54, 1.807) is 24.3 Å². The van der Waals surface area contributed by atoms with Gasteiger partial charge in [-0.3, -0.25) is 14.9 Å². The average molecular weight is 449 g/mol. The van der Waals surface area contributed by atoms with Crippen LogP contribution < -0.4 is 5.32 Å². The molecule has 0 fully saturated rings. The molecule has 9 heteroatoms. The Morgan fingerprint density at radius 2 is 1.84 bits per heavy atom. The van der Waals surface area contributed by atoms with Gasteiger partial charge in [0.1, 0.15) is 15.4 Å². The first-order valence-corrected chi connectivity index (χ1v) is 10.4. The number of rotatable bonds is 4. The largest absolute Gasteiger partial charge is 0.338 e. The van der Waals surface area contributed by atoms with Crippen LogP contribution in [0.2, 0.25) is 5.02 Å². The van der Waals surface area contributed by atoms with E-state index in [2.05, 4.69) is 15.3 Å². The molecule has 31 heavy (non-hydrogen) atoms. The molecule has 0 atom stereocenters. The number of nitrogens with one attached hydrogen (secondary N) is 2. The number of carbonyl (C=O) groups excluding carboxylic acids is 1. The second kappa shape index (κ2) is 7.50. The van der Waals surface area contributed by atoms with E-state index >= 15 is 0 Å². The number of nitro groups is 1. The number of amides is 1. The van der Waals surface area contributed by atoms with E-state index in [0.29, 0.717) is 15.8 Å². The van der Waals surface area contributed by atoms with Gasteiger partial charge in [-0.1, -0.05) is 35.9 Å². The fourth-order valence-electron chi connectivity index (χ4n) is 3.35. The topological polar surface area (TPSA) is 101 Å². The van der Waals surface area contributed by atoms with Crippen LogP contribution in [0.1, 0.15) is 9.67 Å². The van der Waals surface area contributed by atoms with E-state index in [4.69, 9.17) is 11.6 Å². The first kappa shape index (κ1) is 19.2. The first-order chi connectivity index (χ1) is 15.0. The third-order valence-corrected chi connectivity index (χ3v) is 6.57. The van der Waals surface area contributed by atoms with Gasteiger partial charge in [0.25, 0.3) is 11.6 Å². The number of thiophene rings is 1. The number of anilines is 1. The molecule has 0 saturated carbocycles. The van der Waals surface area contributed by atoms with E-state index in [1.165, 1.54) is 6.07 Å². The second-order valence-corrected chi connectivity index (χ2v) is 8.19. The van der Waals surface area contributed by atoms with Gasteiger partial charge in [-0.25, -0.2) is 4.98 Å². The number of para-hydroxylation sites is 2. The molecule has 2 heterocycles. The van der Waals surface area contributed by atoms with Gasteiger partial charge in [0.2, 0.25) is 0 Å². The Balaban J connectivity index is 1.41. The van der Waals surface area contributed by atoms with Crippen molar-refractivity contribution in [3.63, 3.8) is 0 Å². The first-order valence-electron chi connectivity index (χ1n) is 9.23. The molecule has 5 rings (SSSR count). The van der Waals surface area contributed by atoms with Crippen molar-refractivity contribution < 1.29 is 9.72 Å². The summed E-state index contributed by atoms with van der Waals surface area (Å²) in [5.74, 6) is 0.316. The molecule has 3 aromatic carbocycles. The zero-order chi connectivity index (χ0) is 21.5. The van der Waals surface area contributed by atoms with Gasteiger partial charge >= 0.3 is 0 Å². The highest BCUT2D eigenvalue weighted by Crippen LogP contribution is 2.40. The van der Waals surface area contributed by atoms with Crippen LogP contribution in [0.15, 0.2) is 66.7 Å². The number of hydrogen-bond acceptors (Lipinski definition) is 5. The summed E-state index contributed by atoms with van der Waals surface area (Å²) in [6.45, 7) is 0. The maximum atomic E-state index is 12.8. The van der Waals surface area contributed by atoms with Gasteiger partial charge in [-0.15, -0.1) is 11.3 Å². The molecule has 0 spiro atoms. The van der Waals surface area contributed by atoms with Crippen molar-refractivity contribution in [1.29, 1.82) is 0 Å². The van der Waals surface area contributed by atoms with Gasteiger partial charge in [0.05, 0.1) is 21.0 Å². The standard InChI is InChI=1S/C22H13ClN4O3S/c23-18-14-4-3-7-17(27(29)30)19(14)31-20(18)22(28)24-13-10-8-12(9-11-13)21-25-15-5-1-2-6-16(15)26-21/h1-11H,(H,24,28)(H,25,26). The minimum Gasteiger partial charge on any atom is -0.338 e. The Morgan fingerprint density at radius 3 is 2.58 bits per heavy atom. The average Bonchev–Trinajstić information content (AvgIpc) is 3.35. The van der Waals surface area contributed by atoms with Crippen LogP contribution in [-0.2, 0) is 0 Å². The third kappa shape index (κ3) is 3.41. The highest BCUT2D eigenvalue weighted by Gasteiger charge is 2.22. The number of aromatic amines is 1. The predicted molar refractivity (Wildman–Crippen MR) is 123 cm³/mol. The molecule has 2 aromatic heterocycles. The minimum atomic E-state index is -0.479. The van der Waals surface area contributed by atoms with Crippen molar-refractivity contribution in [3.05, 3.63) is 86.7 Å². The Bertz CT molecular complexity index is 1440. The Labute approximate surface area is 184 Å². The highest BCUT2D eigenvalue weighted by atomic mass is 35.5. The van der Waals surface area contributed by atoms with Crippen molar-refractivity contribution in [1.82, 2.24) is 9.97 Å². The van der Waals surface area contributed by atoms with E-state index < -0.39 is 10.8 Å². The summed E-state index contributed by atoms with van der Waals surface area (Å²) < 4.78 is 0.378. The van der Waals surface area contributed by atoms with Crippen LogP contribution in [0.3, 0.4) is 0 Å². The summed E-state index contributed by atoms with van der Waals surface area (Å²) >= 11 is 7.36. The predicted octanol–water partition coefficient (Wildman–Crippen LogP) is 6.26. The lowest BCUT2D eigenvalue weighted by Crippen LogP contribution is -2.10. The van der Waals surface area contributed by atoms with E-state index in [9.17, 15) is 14.9 Å². The molecule has 0 aliphatic rings. The minimum absolute atomic E-state index is 0.0707. The normalized spacial score (nSPS) is 11.1. The number of nitrogens with zero attached hydrogens (tertiary/aromatic N) is 2. The van der Waals surface area contributed by atoms with Gasteiger partial charge in [-0.2, -0.15) is 0 Å². The second-order valence-electron chi connectivity index (χ2n) is 6.79. The number of aromatic nitrogens is 2. The summed E-state index contributed by atoms with van der Waals surface area (Å²) in [6.07, 6.45) is 0. The van der Waals surface area contributed by atoms with Crippen molar-refractivity contribution in [2.24, 2.45) is 0 Å². The molecule has 7 nitrogen and oxygen atoms in total. The third-order valence-electron chi connectivity index (χ3n) is 4.84. The molecule has 0 radical (unpaired) electrons. The van der Waals surface area contributed by atoms with E-state index in [0.717, 1.165) is 33.8 Å². The summed E-state index contributed by atoms with van der Waals surface area (Å²) in [5.41, 5.74) is 3.21. The molecule has 0 aliphatic carbocycles. The molecule has 0 saturated heterocycles. The van der Waals surface area contributed by atoms with Crippen molar-refractivity contribution >= 4 is 61.3 Å².